The van der Waals surface area contributed by atoms with E-state index in [1.807, 2.05) is 0 Å². The summed E-state index contributed by atoms with van der Waals surface area (Å²) in [6, 6.07) is 17.9. The van der Waals surface area contributed by atoms with Crippen LogP contribution < -0.4 is 0 Å². The van der Waals surface area contributed by atoms with E-state index in [0.29, 0.717) is 12.9 Å². The zero-order valence-electron chi connectivity index (χ0n) is 13.0. The van der Waals surface area contributed by atoms with Crippen LogP contribution in [0, 0.1) is 0 Å². The molecule has 0 saturated heterocycles. The first-order chi connectivity index (χ1) is 9.60. The number of hydrogen-bond donors (Lipinski definition) is 0. The van der Waals surface area contributed by atoms with Gasteiger partial charge in [0.1, 0.15) is 0 Å². The van der Waals surface area contributed by atoms with Crippen LogP contribution in [-0.2, 0) is 5.31 Å². The maximum Gasteiger partial charge on any atom is 0.0710 e. The Morgan fingerprint density at radius 2 is 1.35 bits per heavy atom. The van der Waals surface area contributed by atoms with Gasteiger partial charge in [0.25, 0.3) is 0 Å². The molecule has 3 rings (SSSR count). The maximum absolute atomic E-state index is 2.45. The second-order valence-electron chi connectivity index (χ2n) is 6.55. The van der Waals surface area contributed by atoms with Crippen LogP contribution >= 0.6 is 0 Å². The minimum absolute atomic E-state index is 0.149. The van der Waals surface area contributed by atoms with E-state index in [1.54, 1.807) is 0 Å². The average molecular weight is 251 g/mol. The minimum Gasteiger partial charge on any atom is -0.0619 e. The lowest BCUT2D eigenvalue weighted by Crippen LogP contribution is -2.57. The summed E-state index contributed by atoms with van der Waals surface area (Å²) in [5.41, 5.74) is 5.90. The lowest BCUT2D eigenvalue weighted by atomic mass is 8.77. The van der Waals surface area contributed by atoms with Gasteiger partial charge in [0, 0.05) is 13.4 Å². The summed E-state index contributed by atoms with van der Waals surface area (Å²) in [4.78, 5) is 0. The highest BCUT2D eigenvalue weighted by Gasteiger charge is 2.46. The van der Waals surface area contributed by atoms with E-state index in [2.05, 4.69) is 78.7 Å². The Kier molecular flexibility index (Phi) is 3.44. The summed E-state index contributed by atoms with van der Waals surface area (Å²) in [6.07, 6.45) is 0.684. The van der Waals surface area contributed by atoms with Crippen molar-refractivity contribution < 1.29 is 0 Å². The largest absolute Gasteiger partial charge is 0.0710 e. The molecule has 0 bridgehead atoms. The lowest BCUT2D eigenvalue weighted by molar-refractivity contribution is 0.839. The molecule has 0 aromatic heterocycles. The molecule has 6 heteroatoms. The van der Waals surface area contributed by atoms with E-state index in [0.717, 1.165) is 0 Å². The van der Waals surface area contributed by atoms with Crippen molar-refractivity contribution in [1.29, 1.82) is 0 Å². The fourth-order valence-corrected chi connectivity index (χ4v) is 4.43. The molecule has 0 saturated carbocycles. The number of rotatable bonds is 3. The van der Waals surface area contributed by atoms with Crippen molar-refractivity contribution in [2.24, 2.45) is 0 Å². The van der Waals surface area contributed by atoms with Gasteiger partial charge in [-0.05, 0) is 27.6 Å². The summed E-state index contributed by atoms with van der Waals surface area (Å²) in [6.45, 7) is 3.12. The molecule has 0 spiro atoms. The van der Waals surface area contributed by atoms with Gasteiger partial charge in [-0.25, -0.2) is 0 Å². The smallest absolute Gasteiger partial charge is 0.0619 e. The molecule has 92 valence electrons. The van der Waals surface area contributed by atoms with Crippen molar-refractivity contribution >= 4 is 43.2 Å². The fraction of sp³-hybridized carbons (Fsp3) is 0.143. The van der Waals surface area contributed by atoms with E-state index >= 15 is 0 Å². The molecule has 0 unspecified atom stereocenters. The Hall–Kier alpha value is -1.17. The molecule has 2 aromatic carbocycles. The molecule has 0 fully saturated rings. The van der Waals surface area contributed by atoms with Crippen molar-refractivity contribution in [1.82, 2.24) is 0 Å². The van der Waals surface area contributed by atoms with Gasteiger partial charge in [-0.2, -0.15) is 0 Å². The van der Waals surface area contributed by atoms with E-state index in [-0.39, 0.29) is 5.31 Å². The van der Waals surface area contributed by atoms with Crippen LogP contribution in [0.5, 0.6) is 0 Å². The topological polar surface area (TPSA) is 0 Å². The standard InChI is InChI=1S/C14H18B6/c1-14(19(18-15)20(16)17)12-8-4-2-6-10(12)11-7-3-5-9-13(11)14/h2-9,18H,15-17H2,1H3. The van der Waals surface area contributed by atoms with Crippen molar-refractivity contribution in [3.63, 3.8) is 0 Å². The lowest BCUT2D eigenvalue weighted by Gasteiger charge is -2.36. The molecule has 0 N–H and O–H groups in total. The van der Waals surface area contributed by atoms with Crippen LogP contribution in [0.15, 0.2) is 48.5 Å². The monoisotopic (exact) mass is 252 g/mol. The van der Waals surface area contributed by atoms with Gasteiger partial charge in [-0.1, -0.05) is 55.5 Å². The van der Waals surface area contributed by atoms with E-state index in [1.165, 1.54) is 29.3 Å². The van der Waals surface area contributed by atoms with Crippen molar-refractivity contribution in [2.75, 3.05) is 0 Å². The van der Waals surface area contributed by atoms with Gasteiger partial charge < -0.3 is 0 Å². The van der Waals surface area contributed by atoms with Crippen LogP contribution in [-0.4, -0.2) is 43.2 Å². The van der Waals surface area contributed by atoms with Gasteiger partial charge in [-0.3, -0.25) is 0 Å². The summed E-state index contributed by atoms with van der Waals surface area (Å²) in [5, 5.41) is 0.149. The molecule has 0 radical (unpaired) electrons. The van der Waals surface area contributed by atoms with Gasteiger partial charge in [0.15, 0.2) is 0 Å². The van der Waals surface area contributed by atoms with Crippen LogP contribution in [0.25, 0.3) is 11.1 Å². The summed E-state index contributed by atoms with van der Waals surface area (Å²) in [7, 11) is 8.28. The molecular weight excluding hydrogens is 233 g/mol. The third kappa shape index (κ3) is 1.77. The van der Waals surface area contributed by atoms with Crippen LogP contribution in [0.4, 0.5) is 0 Å². The van der Waals surface area contributed by atoms with Crippen molar-refractivity contribution in [2.45, 2.75) is 12.2 Å². The van der Waals surface area contributed by atoms with E-state index in [4.69, 9.17) is 0 Å². The number of hydrogen-bond acceptors (Lipinski definition) is 0. The molecular formula is C14H18B6. The zero-order chi connectivity index (χ0) is 14.3. The molecule has 0 heterocycles. The van der Waals surface area contributed by atoms with Gasteiger partial charge >= 0.3 is 0 Å². The predicted molar refractivity (Wildman–Crippen MR) is 103 cm³/mol. The van der Waals surface area contributed by atoms with Crippen LogP contribution in [0.2, 0.25) is 0 Å². The van der Waals surface area contributed by atoms with E-state index in [9.17, 15) is 0 Å². The van der Waals surface area contributed by atoms with Gasteiger partial charge in [-0.15, -0.1) is 0 Å². The van der Waals surface area contributed by atoms with Gasteiger partial charge in [0.05, 0.1) is 29.7 Å². The molecule has 0 nitrogen and oxygen atoms in total. The first-order valence-corrected chi connectivity index (χ1v) is 7.80. The number of fused-ring (bicyclic) bond motifs is 3. The Morgan fingerprint density at radius 1 is 0.900 bits per heavy atom. The first-order valence-electron chi connectivity index (χ1n) is 7.80. The summed E-state index contributed by atoms with van der Waals surface area (Å²) >= 11 is 0. The molecule has 0 amide bonds. The number of benzene rings is 2. The van der Waals surface area contributed by atoms with Crippen molar-refractivity contribution in [3.05, 3.63) is 59.7 Å². The zero-order valence-corrected chi connectivity index (χ0v) is 13.0. The molecule has 1 aliphatic rings. The third-order valence-electron chi connectivity index (χ3n) is 5.25. The Morgan fingerprint density at radius 3 is 1.75 bits per heavy atom. The fourth-order valence-electron chi connectivity index (χ4n) is 4.43. The molecule has 0 atom stereocenters. The highest BCUT2D eigenvalue weighted by molar-refractivity contribution is 7.72. The summed E-state index contributed by atoms with van der Waals surface area (Å²) < 4.78 is 0. The van der Waals surface area contributed by atoms with Gasteiger partial charge in [0.2, 0.25) is 0 Å². The highest BCUT2D eigenvalue weighted by atomic mass is 14.3. The molecule has 20 heavy (non-hydrogen) atoms. The average Bonchev–Trinajstić information content (AvgIpc) is 2.71. The molecule has 1 aliphatic carbocycles. The molecule has 2 aromatic rings. The van der Waals surface area contributed by atoms with Crippen LogP contribution in [0.3, 0.4) is 0 Å². The molecule has 0 aliphatic heterocycles. The normalized spacial score (nSPS) is 14.2. The van der Waals surface area contributed by atoms with Crippen LogP contribution in [0.1, 0.15) is 18.1 Å². The van der Waals surface area contributed by atoms with Crippen molar-refractivity contribution in [3.8, 4) is 11.1 Å². The maximum atomic E-state index is 2.45. The SMILES string of the molecule is BBB(B(B)B)C1(C)c2ccccc2-c2ccccc21. The minimum atomic E-state index is 0.149. The van der Waals surface area contributed by atoms with E-state index < -0.39 is 0 Å². The first kappa shape index (κ1) is 13.8. The highest BCUT2D eigenvalue weighted by Crippen LogP contribution is 2.49. The second kappa shape index (κ2) is 4.98. The predicted octanol–water partition coefficient (Wildman–Crippen LogP) is -0.679. The Bertz CT molecular complexity index is 594. The summed E-state index contributed by atoms with van der Waals surface area (Å²) in [5.74, 6) is 0. The Labute approximate surface area is 126 Å². The quantitative estimate of drug-likeness (QED) is 0.634. The Balaban J connectivity index is 2.30. The third-order valence-corrected chi connectivity index (χ3v) is 5.25. The second-order valence-corrected chi connectivity index (χ2v) is 6.55.